The largest absolute Gasteiger partial charge is 0.845 e. The highest BCUT2D eigenvalue weighted by Gasteiger charge is 2.21. The fraction of sp³-hybridized carbons (Fsp3) is 0.188. The molecule has 1 unspecified atom stereocenters. The lowest BCUT2D eigenvalue weighted by Crippen LogP contribution is -3.11. The van der Waals surface area contributed by atoms with Crippen LogP contribution in [0.25, 0.3) is 0 Å². The predicted molar refractivity (Wildman–Crippen MR) is 77.0 cm³/mol. The maximum atomic E-state index is 11.9. The SMILES string of the molecule is O=C(C[O-])[NH+](CCc1ccccc1)c1ccccc1Cl. The molecule has 0 saturated carbocycles. The van der Waals surface area contributed by atoms with Crippen LogP contribution in [0.2, 0.25) is 5.02 Å². The van der Waals surface area contributed by atoms with Gasteiger partial charge in [-0.15, -0.1) is 0 Å². The summed E-state index contributed by atoms with van der Waals surface area (Å²) in [5.41, 5.74) is 1.81. The lowest BCUT2D eigenvalue weighted by Gasteiger charge is -2.19. The van der Waals surface area contributed by atoms with Crippen LogP contribution in [0.4, 0.5) is 5.69 Å². The van der Waals surface area contributed by atoms with Crippen molar-refractivity contribution in [1.82, 2.24) is 0 Å². The van der Waals surface area contributed by atoms with Crippen molar-refractivity contribution in [2.24, 2.45) is 0 Å². The number of para-hydroxylation sites is 1. The molecule has 1 amide bonds. The van der Waals surface area contributed by atoms with Gasteiger partial charge in [0.05, 0.1) is 6.54 Å². The number of amides is 1. The molecule has 0 saturated heterocycles. The molecule has 0 fully saturated rings. The van der Waals surface area contributed by atoms with Crippen molar-refractivity contribution in [3.63, 3.8) is 0 Å². The van der Waals surface area contributed by atoms with Gasteiger partial charge in [-0.2, -0.15) is 0 Å². The third kappa shape index (κ3) is 3.67. The first-order valence-electron chi connectivity index (χ1n) is 6.48. The minimum atomic E-state index is -0.741. The van der Waals surface area contributed by atoms with E-state index in [1.54, 1.807) is 12.1 Å². The number of rotatable bonds is 5. The molecule has 0 aliphatic carbocycles. The number of hydrogen-bond acceptors (Lipinski definition) is 2. The van der Waals surface area contributed by atoms with Crippen molar-refractivity contribution < 1.29 is 14.8 Å². The molecule has 0 aliphatic rings. The number of nitrogens with one attached hydrogen (secondary N) is 1. The van der Waals surface area contributed by atoms with Crippen molar-refractivity contribution >= 4 is 23.2 Å². The highest BCUT2D eigenvalue weighted by atomic mass is 35.5. The van der Waals surface area contributed by atoms with E-state index in [1.807, 2.05) is 42.5 Å². The van der Waals surface area contributed by atoms with E-state index in [2.05, 4.69) is 0 Å². The summed E-state index contributed by atoms with van der Waals surface area (Å²) < 4.78 is 0. The van der Waals surface area contributed by atoms with Gasteiger partial charge >= 0.3 is 5.91 Å². The molecule has 0 radical (unpaired) electrons. The van der Waals surface area contributed by atoms with Crippen molar-refractivity contribution in [3.05, 3.63) is 65.2 Å². The van der Waals surface area contributed by atoms with Crippen LogP contribution in [0, 0.1) is 0 Å². The third-order valence-electron chi connectivity index (χ3n) is 3.17. The molecule has 4 heteroatoms. The first kappa shape index (κ1) is 14.7. The highest BCUT2D eigenvalue weighted by molar-refractivity contribution is 6.32. The van der Waals surface area contributed by atoms with Crippen molar-refractivity contribution in [2.45, 2.75) is 6.42 Å². The Labute approximate surface area is 123 Å². The van der Waals surface area contributed by atoms with E-state index in [-0.39, 0.29) is 5.91 Å². The molecule has 0 aromatic heterocycles. The van der Waals surface area contributed by atoms with Crippen molar-refractivity contribution in [3.8, 4) is 0 Å². The second-order valence-electron chi connectivity index (χ2n) is 4.51. The fourth-order valence-electron chi connectivity index (χ4n) is 2.13. The Kier molecular flexibility index (Phi) is 5.30. The molecular weight excluding hydrogens is 274 g/mol. The molecule has 2 aromatic carbocycles. The van der Waals surface area contributed by atoms with E-state index >= 15 is 0 Å². The van der Waals surface area contributed by atoms with E-state index in [4.69, 9.17) is 11.6 Å². The van der Waals surface area contributed by atoms with Crippen LogP contribution in [0.3, 0.4) is 0 Å². The summed E-state index contributed by atoms with van der Waals surface area (Å²) in [5.74, 6) is -0.381. The maximum absolute atomic E-state index is 11.9. The number of halogens is 1. The third-order valence-corrected chi connectivity index (χ3v) is 3.50. The van der Waals surface area contributed by atoms with Crippen LogP contribution in [0.15, 0.2) is 54.6 Å². The number of quaternary nitrogens is 1. The lowest BCUT2D eigenvalue weighted by molar-refractivity contribution is -0.753. The standard InChI is InChI=1S/C16H15ClNO2/c17-14-8-4-5-9-15(14)18(16(20)12-19)11-10-13-6-2-1-3-7-13/h1-9H,10-12H2/q-1/p+1. The van der Waals surface area contributed by atoms with Crippen molar-refractivity contribution in [2.75, 3.05) is 13.2 Å². The summed E-state index contributed by atoms with van der Waals surface area (Å²) >= 11 is 6.13. The molecule has 0 heterocycles. The highest BCUT2D eigenvalue weighted by Crippen LogP contribution is 2.16. The quantitative estimate of drug-likeness (QED) is 0.892. The summed E-state index contributed by atoms with van der Waals surface area (Å²) in [6, 6.07) is 17.0. The first-order valence-corrected chi connectivity index (χ1v) is 6.86. The smallest absolute Gasteiger partial charge is 0.300 e. The normalized spacial score (nSPS) is 12.1. The Hall–Kier alpha value is -1.68. The molecule has 2 aromatic rings. The Balaban J connectivity index is 2.17. The molecule has 2 rings (SSSR count). The second-order valence-corrected chi connectivity index (χ2v) is 4.92. The van der Waals surface area contributed by atoms with Crippen LogP contribution in [-0.4, -0.2) is 19.1 Å². The molecule has 20 heavy (non-hydrogen) atoms. The number of carbonyl (C=O) groups excluding carboxylic acids is 1. The summed E-state index contributed by atoms with van der Waals surface area (Å²) in [5, 5.41) is 11.5. The lowest BCUT2D eigenvalue weighted by atomic mass is 10.1. The Bertz CT molecular complexity index is 572. The zero-order valence-corrected chi connectivity index (χ0v) is 11.8. The van der Waals surface area contributed by atoms with E-state index in [0.717, 1.165) is 5.56 Å². The fourth-order valence-corrected chi connectivity index (χ4v) is 2.38. The van der Waals surface area contributed by atoms with Gasteiger partial charge in [0, 0.05) is 12.5 Å². The topological polar surface area (TPSA) is 44.6 Å². The monoisotopic (exact) mass is 289 g/mol. The Morgan fingerprint density at radius 1 is 1.05 bits per heavy atom. The van der Waals surface area contributed by atoms with Crippen LogP contribution >= 0.6 is 11.6 Å². The van der Waals surface area contributed by atoms with Gasteiger partial charge in [0.25, 0.3) is 0 Å². The minimum absolute atomic E-state index is 0.381. The van der Waals surface area contributed by atoms with Gasteiger partial charge in [0.2, 0.25) is 0 Å². The molecule has 1 atom stereocenters. The van der Waals surface area contributed by atoms with Gasteiger partial charge in [-0.3, -0.25) is 0 Å². The van der Waals surface area contributed by atoms with E-state index in [9.17, 15) is 9.90 Å². The van der Waals surface area contributed by atoms with Crippen LogP contribution in [0.5, 0.6) is 0 Å². The number of benzene rings is 2. The van der Waals surface area contributed by atoms with Gasteiger partial charge in [-0.1, -0.05) is 54.1 Å². The average Bonchev–Trinajstić information content (AvgIpc) is 2.50. The van der Waals surface area contributed by atoms with E-state index < -0.39 is 6.61 Å². The van der Waals surface area contributed by atoms with Crippen LogP contribution in [-0.2, 0) is 11.2 Å². The molecule has 0 spiro atoms. The van der Waals surface area contributed by atoms with Gasteiger partial charge in [0.15, 0.2) is 5.69 Å². The van der Waals surface area contributed by atoms with Crippen LogP contribution < -0.4 is 10.0 Å². The summed E-state index contributed by atoms with van der Waals surface area (Å²) in [4.78, 5) is 12.4. The van der Waals surface area contributed by atoms with Gasteiger partial charge < -0.3 is 5.11 Å². The summed E-state index contributed by atoms with van der Waals surface area (Å²) in [6.45, 7) is -0.218. The average molecular weight is 290 g/mol. The molecule has 3 nitrogen and oxygen atoms in total. The maximum Gasteiger partial charge on any atom is 0.300 e. The van der Waals surface area contributed by atoms with E-state index in [0.29, 0.717) is 28.6 Å². The zero-order chi connectivity index (χ0) is 14.4. The summed E-state index contributed by atoms with van der Waals surface area (Å²) in [6.07, 6.45) is 0.715. The van der Waals surface area contributed by atoms with Crippen molar-refractivity contribution in [1.29, 1.82) is 0 Å². The number of carbonyl (C=O) groups is 1. The molecule has 1 N–H and O–H groups in total. The summed E-state index contributed by atoms with van der Waals surface area (Å²) in [7, 11) is 0. The van der Waals surface area contributed by atoms with Gasteiger partial charge in [-0.25, -0.2) is 9.69 Å². The molecular formula is C16H16ClNO2. The van der Waals surface area contributed by atoms with E-state index in [1.165, 1.54) is 0 Å². The minimum Gasteiger partial charge on any atom is -0.845 e. The predicted octanol–water partition coefficient (Wildman–Crippen LogP) is 0.986. The first-order chi connectivity index (χ1) is 9.72. The Morgan fingerprint density at radius 3 is 2.35 bits per heavy atom. The number of hydrogen-bond donors (Lipinski definition) is 1. The van der Waals surface area contributed by atoms with Crippen LogP contribution in [0.1, 0.15) is 5.56 Å². The molecule has 0 bridgehead atoms. The molecule has 104 valence electrons. The van der Waals surface area contributed by atoms with Gasteiger partial charge in [-0.05, 0) is 18.2 Å². The van der Waals surface area contributed by atoms with Gasteiger partial charge in [0.1, 0.15) is 5.02 Å². The second kappa shape index (κ2) is 7.20. The Morgan fingerprint density at radius 2 is 1.70 bits per heavy atom. The molecule has 0 aliphatic heterocycles. The zero-order valence-electron chi connectivity index (χ0n) is 11.0.